The van der Waals surface area contributed by atoms with Gasteiger partial charge in [0.15, 0.2) is 11.5 Å². The summed E-state index contributed by atoms with van der Waals surface area (Å²) in [5, 5.41) is 3.46. The van der Waals surface area contributed by atoms with Crippen molar-refractivity contribution in [3.05, 3.63) is 84.4 Å². The number of rotatable bonds is 8. The predicted octanol–water partition coefficient (Wildman–Crippen LogP) is 6.02. The van der Waals surface area contributed by atoms with Crippen LogP contribution in [0.5, 0.6) is 23.0 Å². The SMILES string of the molecule is CCC[C@@H](c1ccc(Oc2ccccc2)c(Oc2ccccc2)c1)N1CCNCC1. The molecular weight excluding hydrogens is 372 g/mol. The Labute approximate surface area is 179 Å². The van der Waals surface area contributed by atoms with Gasteiger partial charge in [-0.3, -0.25) is 4.90 Å². The first-order valence-electron chi connectivity index (χ1n) is 10.9. The average molecular weight is 403 g/mol. The maximum Gasteiger partial charge on any atom is 0.170 e. The standard InChI is InChI=1S/C26H30N2O2/c1-2-9-24(28-18-16-27-17-19-28)21-14-15-25(29-22-10-5-3-6-11-22)26(20-21)30-23-12-7-4-8-13-23/h3-8,10-15,20,24,27H,2,9,16-19H2,1H3/t24-/m0/s1. The van der Waals surface area contributed by atoms with Crippen molar-refractivity contribution in [3.63, 3.8) is 0 Å². The summed E-state index contributed by atoms with van der Waals surface area (Å²) in [7, 11) is 0. The lowest BCUT2D eigenvalue weighted by Gasteiger charge is -2.35. The lowest BCUT2D eigenvalue weighted by molar-refractivity contribution is 0.164. The van der Waals surface area contributed by atoms with Crippen LogP contribution >= 0.6 is 0 Å². The molecule has 1 atom stereocenters. The second-order valence-corrected chi connectivity index (χ2v) is 7.63. The molecule has 0 saturated carbocycles. The van der Waals surface area contributed by atoms with Gasteiger partial charge < -0.3 is 14.8 Å². The van der Waals surface area contributed by atoms with E-state index in [9.17, 15) is 0 Å². The monoisotopic (exact) mass is 402 g/mol. The first kappa shape index (κ1) is 20.5. The Kier molecular flexibility index (Phi) is 7.01. The van der Waals surface area contributed by atoms with Crippen LogP contribution in [0, 0.1) is 0 Å². The van der Waals surface area contributed by atoms with Crippen molar-refractivity contribution in [1.29, 1.82) is 0 Å². The number of para-hydroxylation sites is 2. The predicted molar refractivity (Wildman–Crippen MR) is 122 cm³/mol. The van der Waals surface area contributed by atoms with E-state index in [1.165, 1.54) is 5.56 Å². The summed E-state index contributed by atoms with van der Waals surface area (Å²) >= 11 is 0. The van der Waals surface area contributed by atoms with Crippen molar-refractivity contribution < 1.29 is 9.47 Å². The molecule has 156 valence electrons. The van der Waals surface area contributed by atoms with Crippen LogP contribution < -0.4 is 14.8 Å². The van der Waals surface area contributed by atoms with Gasteiger partial charge in [0.1, 0.15) is 11.5 Å². The molecule has 0 bridgehead atoms. The highest BCUT2D eigenvalue weighted by atomic mass is 16.5. The van der Waals surface area contributed by atoms with E-state index >= 15 is 0 Å². The number of hydrogen-bond donors (Lipinski definition) is 1. The Balaban J connectivity index is 1.66. The first-order chi connectivity index (χ1) is 14.8. The van der Waals surface area contributed by atoms with Crippen molar-refractivity contribution in [1.82, 2.24) is 10.2 Å². The van der Waals surface area contributed by atoms with Crippen LogP contribution in [0.4, 0.5) is 0 Å². The molecule has 1 N–H and O–H groups in total. The molecule has 4 heteroatoms. The van der Waals surface area contributed by atoms with Crippen LogP contribution in [-0.4, -0.2) is 31.1 Å². The van der Waals surface area contributed by atoms with Crippen LogP contribution in [-0.2, 0) is 0 Å². The fourth-order valence-corrected chi connectivity index (χ4v) is 3.95. The van der Waals surface area contributed by atoms with E-state index in [2.05, 4.69) is 29.3 Å². The summed E-state index contributed by atoms with van der Waals surface area (Å²) in [4.78, 5) is 2.58. The van der Waals surface area contributed by atoms with Gasteiger partial charge in [-0.2, -0.15) is 0 Å². The minimum atomic E-state index is 0.390. The van der Waals surface area contributed by atoms with Gasteiger partial charge in [0.05, 0.1) is 0 Å². The third-order valence-corrected chi connectivity index (χ3v) is 5.45. The second-order valence-electron chi connectivity index (χ2n) is 7.63. The molecule has 1 saturated heterocycles. The van der Waals surface area contributed by atoms with E-state index < -0.39 is 0 Å². The zero-order chi connectivity index (χ0) is 20.6. The highest BCUT2D eigenvalue weighted by Crippen LogP contribution is 2.38. The Morgan fingerprint density at radius 2 is 1.40 bits per heavy atom. The minimum absolute atomic E-state index is 0.390. The molecule has 1 aliphatic rings. The van der Waals surface area contributed by atoms with Gasteiger partial charge in [-0.25, -0.2) is 0 Å². The maximum absolute atomic E-state index is 6.28. The number of hydrogen-bond acceptors (Lipinski definition) is 4. The molecule has 3 aromatic carbocycles. The van der Waals surface area contributed by atoms with Gasteiger partial charge in [0.25, 0.3) is 0 Å². The number of nitrogens with one attached hydrogen (secondary N) is 1. The normalized spacial score (nSPS) is 15.5. The van der Waals surface area contributed by atoms with Gasteiger partial charge in [0.2, 0.25) is 0 Å². The Bertz CT molecular complexity index is 909. The van der Waals surface area contributed by atoms with Crippen molar-refractivity contribution in [3.8, 4) is 23.0 Å². The van der Waals surface area contributed by atoms with Crippen LogP contribution in [0.2, 0.25) is 0 Å². The molecule has 4 nitrogen and oxygen atoms in total. The molecule has 0 aliphatic carbocycles. The molecule has 0 amide bonds. The van der Waals surface area contributed by atoms with E-state index in [0.29, 0.717) is 6.04 Å². The third-order valence-electron chi connectivity index (χ3n) is 5.45. The molecule has 0 radical (unpaired) electrons. The van der Waals surface area contributed by atoms with Gasteiger partial charge in [-0.15, -0.1) is 0 Å². The van der Waals surface area contributed by atoms with Gasteiger partial charge >= 0.3 is 0 Å². The fraction of sp³-hybridized carbons (Fsp3) is 0.308. The Hall–Kier alpha value is -2.82. The quantitative estimate of drug-likeness (QED) is 0.500. The number of nitrogens with zero attached hydrogens (tertiary/aromatic N) is 1. The van der Waals surface area contributed by atoms with Gasteiger partial charge in [-0.1, -0.05) is 55.8 Å². The summed E-state index contributed by atoms with van der Waals surface area (Å²) in [6.45, 7) is 6.48. The molecule has 0 unspecified atom stereocenters. The zero-order valence-electron chi connectivity index (χ0n) is 17.6. The summed E-state index contributed by atoms with van der Waals surface area (Å²) in [5.41, 5.74) is 1.28. The average Bonchev–Trinajstić information content (AvgIpc) is 2.81. The van der Waals surface area contributed by atoms with E-state index in [1.807, 2.05) is 66.7 Å². The topological polar surface area (TPSA) is 33.7 Å². The van der Waals surface area contributed by atoms with E-state index in [-0.39, 0.29) is 0 Å². The smallest absolute Gasteiger partial charge is 0.170 e. The van der Waals surface area contributed by atoms with Crippen LogP contribution in [0.3, 0.4) is 0 Å². The Morgan fingerprint density at radius 1 is 0.800 bits per heavy atom. The molecule has 1 aliphatic heterocycles. The van der Waals surface area contributed by atoms with Crippen molar-refractivity contribution in [2.24, 2.45) is 0 Å². The number of piperazine rings is 1. The summed E-state index contributed by atoms with van der Waals surface area (Å²) in [5.74, 6) is 3.08. The summed E-state index contributed by atoms with van der Waals surface area (Å²) in [6.07, 6.45) is 2.27. The van der Waals surface area contributed by atoms with E-state index in [0.717, 1.165) is 62.0 Å². The zero-order valence-corrected chi connectivity index (χ0v) is 17.6. The molecule has 3 aromatic rings. The van der Waals surface area contributed by atoms with Crippen LogP contribution in [0.15, 0.2) is 78.9 Å². The molecule has 0 spiro atoms. The lowest BCUT2D eigenvalue weighted by Crippen LogP contribution is -2.45. The highest BCUT2D eigenvalue weighted by Gasteiger charge is 2.23. The lowest BCUT2D eigenvalue weighted by atomic mass is 9.99. The minimum Gasteiger partial charge on any atom is -0.453 e. The highest BCUT2D eigenvalue weighted by molar-refractivity contribution is 5.48. The maximum atomic E-state index is 6.28. The number of ether oxygens (including phenoxy) is 2. The van der Waals surface area contributed by atoms with E-state index in [1.54, 1.807) is 0 Å². The van der Waals surface area contributed by atoms with E-state index in [4.69, 9.17) is 9.47 Å². The molecule has 1 fully saturated rings. The summed E-state index contributed by atoms with van der Waals surface area (Å²) in [6, 6.07) is 26.5. The fourth-order valence-electron chi connectivity index (χ4n) is 3.95. The van der Waals surface area contributed by atoms with Gasteiger partial charge in [0, 0.05) is 32.2 Å². The molecular formula is C26H30N2O2. The Morgan fingerprint density at radius 3 is 2.00 bits per heavy atom. The summed E-state index contributed by atoms with van der Waals surface area (Å²) < 4.78 is 12.5. The molecule has 0 aromatic heterocycles. The first-order valence-corrected chi connectivity index (χ1v) is 10.9. The second kappa shape index (κ2) is 10.3. The van der Waals surface area contributed by atoms with Crippen molar-refractivity contribution in [2.75, 3.05) is 26.2 Å². The van der Waals surface area contributed by atoms with Crippen molar-refractivity contribution in [2.45, 2.75) is 25.8 Å². The van der Waals surface area contributed by atoms with Crippen LogP contribution in [0.1, 0.15) is 31.4 Å². The van der Waals surface area contributed by atoms with Crippen molar-refractivity contribution >= 4 is 0 Å². The molecule has 4 rings (SSSR count). The van der Waals surface area contributed by atoms with Gasteiger partial charge in [-0.05, 0) is 48.4 Å². The third kappa shape index (κ3) is 5.21. The van der Waals surface area contributed by atoms with Crippen LogP contribution in [0.25, 0.3) is 0 Å². The largest absolute Gasteiger partial charge is 0.453 e. The molecule has 1 heterocycles. The number of benzene rings is 3. The molecule has 30 heavy (non-hydrogen) atoms.